The molecule has 0 aliphatic heterocycles. The van der Waals surface area contributed by atoms with Crippen LogP contribution >= 0.6 is 0 Å². The molecule has 3 rings (SSSR count). The normalized spacial score (nSPS) is 14.8. The zero-order chi connectivity index (χ0) is 22.2. The lowest BCUT2D eigenvalue weighted by molar-refractivity contribution is -0.143. The van der Waals surface area contributed by atoms with Crippen LogP contribution in [0.3, 0.4) is 0 Å². The van der Waals surface area contributed by atoms with Gasteiger partial charge in [-0.1, -0.05) is 67.3 Å². The molecule has 1 atom stereocenters. The zero-order valence-corrected chi connectivity index (χ0v) is 18.9. The van der Waals surface area contributed by atoms with Gasteiger partial charge >= 0.3 is 0 Å². The van der Waals surface area contributed by atoms with Gasteiger partial charge in [0.05, 0.1) is 0 Å². The molecule has 0 radical (unpaired) electrons. The van der Waals surface area contributed by atoms with E-state index >= 15 is 0 Å². The maximum Gasteiger partial charge on any atom is 0.261 e. The molecule has 2 amide bonds. The molecule has 5 nitrogen and oxygen atoms in total. The average molecular weight is 423 g/mol. The minimum atomic E-state index is -0.518. The lowest BCUT2D eigenvalue weighted by Gasteiger charge is -2.31. The molecule has 2 aromatic carbocycles. The second-order valence-electron chi connectivity index (χ2n) is 8.52. The minimum Gasteiger partial charge on any atom is -0.484 e. The third kappa shape index (κ3) is 6.58. The van der Waals surface area contributed by atoms with Crippen molar-refractivity contribution in [3.8, 4) is 5.75 Å². The number of hydrogen-bond donors (Lipinski definition) is 1. The van der Waals surface area contributed by atoms with Crippen LogP contribution in [0.15, 0.2) is 48.5 Å². The monoisotopic (exact) mass is 422 g/mol. The van der Waals surface area contributed by atoms with Crippen molar-refractivity contribution in [1.29, 1.82) is 0 Å². The van der Waals surface area contributed by atoms with Crippen LogP contribution in [0.5, 0.6) is 5.75 Å². The Kier molecular flexibility index (Phi) is 8.10. The summed E-state index contributed by atoms with van der Waals surface area (Å²) in [6.07, 6.45) is 4.90. The van der Waals surface area contributed by atoms with Crippen molar-refractivity contribution in [3.05, 3.63) is 65.2 Å². The first-order chi connectivity index (χ1) is 15.0. The molecule has 0 unspecified atom stereocenters. The minimum absolute atomic E-state index is 0.0646. The molecule has 5 heteroatoms. The molecule has 1 aliphatic rings. The topological polar surface area (TPSA) is 58.6 Å². The summed E-state index contributed by atoms with van der Waals surface area (Å²) in [7, 11) is 0. The van der Waals surface area contributed by atoms with Gasteiger partial charge in [0.1, 0.15) is 11.8 Å². The van der Waals surface area contributed by atoms with Crippen molar-refractivity contribution in [2.75, 3.05) is 6.61 Å². The Morgan fingerprint density at radius 1 is 1.00 bits per heavy atom. The van der Waals surface area contributed by atoms with Crippen LogP contribution in [0.25, 0.3) is 0 Å². The summed E-state index contributed by atoms with van der Waals surface area (Å²) in [6.45, 7) is 6.28. The van der Waals surface area contributed by atoms with Crippen molar-refractivity contribution in [2.24, 2.45) is 0 Å². The standard InChI is InChI=1S/C26H34N2O3/c1-4-24(26(30)27-22-7-5-6-8-22)28(17-21-13-9-19(2)10-14-21)25(29)18-31-23-15-11-20(3)12-16-23/h9-16,22,24H,4-8,17-18H2,1-3H3,(H,27,30)/t24-/m1/s1. The maximum absolute atomic E-state index is 13.2. The van der Waals surface area contributed by atoms with Gasteiger partial charge in [0.15, 0.2) is 6.61 Å². The molecule has 1 saturated carbocycles. The Hall–Kier alpha value is -2.82. The molecule has 1 aliphatic carbocycles. The van der Waals surface area contributed by atoms with Crippen LogP contribution in [0, 0.1) is 13.8 Å². The summed E-state index contributed by atoms with van der Waals surface area (Å²) < 4.78 is 5.75. The van der Waals surface area contributed by atoms with E-state index in [1.807, 2.05) is 69.3 Å². The van der Waals surface area contributed by atoms with Crippen molar-refractivity contribution >= 4 is 11.8 Å². The number of carbonyl (C=O) groups is 2. The van der Waals surface area contributed by atoms with E-state index in [0.29, 0.717) is 18.7 Å². The lowest BCUT2D eigenvalue weighted by atomic mass is 10.1. The van der Waals surface area contributed by atoms with Crippen LogP contribution in [-0.2, 0) is 16.1 Å². The molecule has 0 aromatic heterocycles. The summed E-state index contributed by atoms with van der Waals surface area (Å²) in [4.78, 5) is 28.0. The molecule has 0 spiro atoms. The van der Waals surface area contributed by atoms with Gasteiger partial charge in [0.2, 0.25) is 5.91 Å². The van der Waals surface area contributed by atoms with Gasteiger partial charge in [0.25, 0.3) is 5.91 Å². The van der Waals surface area contributed by atoms with E-state index in [1.165, 1.54) is 0 Å². The number of rotatable bonds is 9. The zero-order valence-electron chi connectivity index (χ0n) is 18.9. The fourth-order valence-corrected chi connectivity index (χ4v) is 4.04. The Labute approximate surface area is 185 Å². The van der Waals surface area contributed by atoms with E-state index < -0.39 is 6.04 Å². The summed E-state index contributed by atoms with van der Waals surface area (Å²) in [6, 6.07) is 15.4. The Morgan fingerprint density at radius 2 is 1.58 bits per heavy atom. The Bertz CT molecular complexity index is 855. The van der Waals surface area contributed by atoms with Crippen molar-refractivity contribution in [1.82, 2.24) is 10.2 Å². The van der Waals surface area contributed by atoms with Gasteiger partial charge in [-0.3, -0.25) is 9.59 Å². The van der Waals surface area contributed by atoms with Crippen molar-refractivity contribution in [2.45, 2.75) is 71.5 Å². The number of nitrogens with one attached hydrogen (secondary N) is 1. The maximum atomic E-state index is 13.2. The fraction of sp³-hybridized carbons (Fsp3) is 0.462. The smallest absolute Gasteiger partial charge is 0.261 e. The van der Waals surface area contributed by atoms with Crippen LogP contribution in [0.2, 0.25) is 0 Å². The molecular weight excluding hydrogens is 388 g/mol. The first-order valence-electron chi connectivity index (χ1n) is 11.3. The summed E-state index contributed by atoms with van der Waals surface area (Å²) >= 11 is 0. The first kappa shape index (κ1) is 22.9. The van der Waals surface area contributed by atoms with E-state index in [9.17, 15) is 9.59 Å². The summed E-state index contributed by atoms with van der Waals surface area (Å²) in [5.41, 5.74) is 3.30. The Morgan fingerprint density at radius 3 is 2.16 bits per heavy atom. The largest absolute Gasteiger partial charge is 0.484 e. The highest BCUT2D eigenvalue weighted by molar-refractivity contribution is 5.88. The van der Waals surface area contributed by atoms with Crippen molar-refractivity contribution < 1.29 is 14.3 Å². The quantitative estimate of drug-likeness (QED) is 0.645. The predicted molar refractivity (Wildman–Crippen MR) is 123 cm³/mol. The number of amides is 2. The molecule has 1 N–H and O–H groups in total. The summed E-state index contributed by atoms with van der Waals surface area (Å²) in [5, 5.41) is 3.17. The second-order valence-corrected chi connectivity index (χ2v) is 8.52. The van der Waals surface area contributed by atoms with Gasteiger partial charge < -0.3 is 15.0 Å². The predicted octanol–water partition coefficient (Wildman–Crippen LogP) is 4.55. The molecule has 31 heavy (non-hydrogen) atoms. The number of benzene rings is 2. The molecule has 0 saturated heterocycles. The van der Waals surface area contributed by atoms with Gasteiger partial charge in [0, 0.05) is 12.6 Å². The first-order valence-corrected chi connectivity index (χ1v) is 11.3. The lowest BCUT2D eigenvalue weighted by Crippen LogP contribution is -2.52. The number of ether oxygens (including phenoxy) is 1. The number of aryl methyl sites for hydroxylation is 2. The molecule has 1 fully saturated rings. The van der Waals surface area contributed by atoms with Crippen LogP contribution in [0.1, 0.15) is 55.7 Å². The van der Waals surface area contributed by atoms with E-state index in [0.717, 1.165) is 42.4 Å². The highest BCUT2D eigenvalue weighted by atomic mass is 16.5. The van der Waals surface area contributed by atoms with Crippen LogP contribution < -0.4 is 10.1 Å². The highest BCUT2D eigenvalue weighted by Gasteiger charge is 2.30. The molecule has 0 bridgehead atoms. The number of hydrogen-bond acceptors (Lipinski definition) is 3. The van der Waals surface area contributed by atoms with Crippen LogP contribution in [-0.4, -0.2) is 35.4 Å². The molecular formula is C26H34N2O3. The third-order valence-electron chi connectivity index (χ3n) is 5.94. The van der Waals surface area contributed by atoms with E-state index in [4.69, 9.17) is 4.74 Å². The van der Waals surface area contributed by atoms with Gasteiger partial charge in [-0.15, -0.1) is 0 Å². The van der Waals surface area contributed by atoms with Crippen LogP contribution in [0.4, 0.5) is 0 Å². The van der Waals surface area contributed by atoms with Gasteiger partial charge in [-0.2, -0.15) is 0 Å². The molecule has 166 valence electrons. The average Bonchev–Trinajstić information content (AvgIpc) is 3.27. The molecule has 0 heterocycles. The van der Waals surface area contributed by atoms with Gasteiger partial charge in [-0.25, -0.2) is 0 Å². The second kappa shape index (κ2) is 11.0. The highest BCUT2D eigenvalue weighted by Crippen LogP contribution is 2.20. The van der Waals surface area contributed by atoms with Gasteiger partial charge in [-0.05, 0) is 50.8 Å². The van der Waals surface area contributed by atoms with E-state index in [-0.39, 0.29) is 24.5 Å². The fourth-order valence-electron chi connectivity index (χ4n) is 4.04. The van der Waals surface area contributed by atoms with Crippen molar-refractivity contribution in [3.63, 3.8) is 0 Å². The Balaban J connectivity index is 1.74. The van der Waals surface area contributed by atoms with E-state index in [2.05, 4.69) is 5.32 Å². The number of carbonyl (C=O) groups excluding carboxylic acids is 2. The number of nitrogens with zero attached hydrogens (tertiary/aromatic N) is 1. The molecule has 2 aromatic rings. The SMILES string of the molecule is CC[C@H](C(=O)NC1CCCC1)N(Cc1ccc(C)cc1)C(=O)COc1ccc(C)cc1. The summed E-state index contributed by atoms with van der Waals surface area (Å²) in [5.74, 6) is 0.400. The third-order valence-corrected chi connectivity index (χ3v) is 5.94. The van der Waals surface area contributed by atoms with E-state index in [1.54, 1.807) is 4.90 Å².